The van der Waals surface area contributed by atoms with Crippen LogP contribution in [0.5, 0.6) is 0 Å². The maximum absolute atomic E-state index is 4.45. The van der Waals surface area contributed by atoms with Crippen molar-refractivity contribution in [3.05, 3.63) is 23.0 Å². The molecule has 1 saturated heterocycles. The van der Waals surface area contributed by atoms with Crippen LogP contribution < -0.4 is 5.32 Å². The second-order valence-corrected chi connectivity index (χ2v) is 5.43. The van der Waals surface area contributed by atoms with Crippen molar-refractivity contribution >= 4 is 6.08 Å². The van der Waals surface area contributed by atoms with E-state index < -0.39 is 0 Å². The van der Waals surface area contributed by atoms with Gasteiger partial charge in [0, 0.05) is 24.3 Å². The van der Waals surface area contributed by atoms with Gasteiger partial charge in [0.1, 0.15) is 0 Å². The number of nitrogens with one attached hydrogen (secondary N) is 1. The molecule has 1 N–H and O–H groups in total. The smallest absolute Gasteiger partial charge is 0.0668 e. The Balaban J connectivity index is 2.06. The van der Waals surface area contributed by atoms with Crippen LogP contribution in [0.25, 0.3) is 6.08 Å². The monoisotopic (exact) mass is 247 g/mol. The molecule has 0 spiro atoms. The largest absolute Gasteiger partial charge is 0.310 e. The first-order chi connectivity index (χ1) is 8.61. The molecule has 0 aromatic carbocycles. The molecular formula is C15H25N3. The number of nitrogens with zero attached hydrogens (tertiary/aromatic N) is 2. The molecule has 2 rings (SSSR count). The zero-order valence-electron chi connectivity index (χ0n) is 12.0. The Morgan fingerprint density at radius 3 is 2.83 bits per heavy atom. The Labute approximate surface area is 110 Å². The Kier molecular flexibility index (Phi) is 4.23. The topological polar surface area (TPSA) is 29.9 Å². The van der Waals surface area contributed by atoms with Crippen LogP contribution in [0.15, 0.2) is 6.08 Å². The second-order valence-electron chi connectivity index (χ2n) is 5.43. The van der Waals surface area contributed by atoms with Crippen LogP contribution in [0.2, 0.25) is 0 Å². The minimum atomic E-state index is 0.530. The summed E-state index contributed by atoms with van der Waals surface area (Å²) in [5, 5.41) is 8.04. The van der Waals surface area contributed by atoms with Gasteiger partial charge >= 0.3 is 0 Å². The van der Waals surface area contributed by atoms with E-state index in [1.165, 1.54) is 30.5 Å². The quantitative estimate of drug-likeness (QED) is 0.890. The second kappa shape index (κ2) is 5.70. The number of aromatic nitrogens is 2. The van der Waals surface area contributed by atoms with Crippen molar-refractivity contribution in [3.63, 3.8) is 0 Å². The minimum absolute atomic E-state index is 0.530. The summed E-state index contributed by atoms with van der Waals surface area (Å²) >= 11 is 0. The number of aryl methyl sites for hydroxylation is 2. The highest BCUT2D eigenvalue weighted by Gasteiger charge is 2.18. The van der Waals surface area contributed by atoms with Crippen molar-refractivity contribution in [2.75, 3.05) is 6.54 Å². The predicted molar refractivity (Wildman–Crippen MR) is 76.5 cm³/mol. The normalized spacial score (nSPS) is 24.9. The lowest BCUT2D eigenvalue weighted by Gasteiger charge is -2.27. The zero-order valence-corrected chi connectivity index (χ0v) is 12.0. The molecule has 2 atom stereocenters. The van der Waals surface area contributed by atoms with Gasteiger partial charge in [0.05, 0.1) is 5.69 Å². The van der Waals surface area contributed by atoms with Gasteiger partial charge in [0.25, 0.3) is 0 Å². The van der Waals surface area contributed by atoms with E-state index in [2.05, 4.69) is 43.3 Å². The molecule has 1 aliphatic rings. The van der Waals surface area contributed by atoms with Gasteiger partial charge in [-0.2, -0.15) is 5.10 Å². The third-order valence-corrected chi connectivity index (χ3v) is 4.18. The first-order valence-corrected chi connectivity index (χ1v) is 7.03. The van der Waals surface area contributed by atoms with E-state index in [4.69, 9.17) is 0 Å². The van der Waals surface area contributed by atoms with Crippen LogP contribution in [0.3, 0.4) is 0 Å². The Hall–Kier alpha value is -1.09. The molecule has 100 valence electrons. The molecule has 0 amide bonds. The Morgan fingerprint density at radius 2 is 2.22 bits per heavy atom. The predicted octanol–water partition coefficient (Wildman–Crippen LogP) is 2.83. The molecule has 1 aromatic rings. The molecule has 3 nitrogen and oxygen atoms in total. The average molecular weight is 247 g/mol. The van der Waals surface area contributed by atoms with Crippen LogP contribution >= 0.6 is 0 Å². The van der Waals surface area contributed by atoms with Gasteiger partial charge in [0.2, 0.25) is 0 Å². The van der Waals surface area contributed by atoms with Gasteiger partial charge in [-0.1, -0.05) is 25.5 Å². The molecule has 0 bridgehead atoms. The van der Waals surface area contributed by atoms with Crippen LogP contribution in [-0.4, -0.2) is 22.4 Å². The summed E-state index contributed by atoms with van der Waals surface area (Å²) in [5.41, 5.74) is 3.64. The summed E-state index contributed by atoms with van der Waals surface area (Å²) in [4.78, 5) is 0. The van der Waals surface area contributed by atoms with E-state index in [0.717, 1.165) is 18.2 Å². The summed E-state index contributed by atoms with van der Waals surface area (Å²) in [6.45, 7) is 7.66. The lowest BCUT2D eigenvalue weighted by Crippen LogP contribution is -2.36. The van der Waals surface area contributed by atoms with Gasteiger partial charge in [-0.3, -0.25) is 4.68 Å². The summed E-state index contributed by atoms with van der Waals surface area (Å²) in [6.07, 6.45) is 8.46. The minimum Gasteiger partial charge on any atom is -0.310 e. The van der Waals surface area contributed by atoms with Crippen molar-refractivity contribution in [3.8, 4) is 0 Å². The fourth-order valence-electron chi connectivity index (χ4n) is 2.79. The van der Waals surface area contributed by atoms with E-state index in [0.29, 0.717) is 6.04 Å². The highest BCUT2D eigenvalue weighted by Crippen LogP contribution is 2.21. The molecule has 18 heavy (non-hydrogen) atoms. The van der Waals surface area contributed by atoms with Crippen LogP contribution in [0.1, 0.15) is 43.1 Å². The van der Waals surface area contributed by atoms with Crippen LogP contribution in [0, 0.1) is 19.8 Å². The maximum Gasteiger partial charge on any atom is 0.0668 e. The third-order valence-electron chi connectivity index (χ3n) is 4.18. The van der Waals surface area contributed by atoms with Crippen LogP contribution in [0.4, 0.5) is 0 Å². The molecule has 2 unspecified atom stereocenters. The molecule has 2 heterocycles. The third kappa shape index (κ3) is 2.83. The van der Waals surface area contributed by atoms with E-state index in [9.17, 15) is 0 Å². The summed E-state index contributed by atoms with van der Waals surface area (Å²) in [5.74, 6) is 0.886. The van der Waals surface area contributed by atoms with Gasteiger partial charge in [-0.15, -0.1) is 0 Å². The van der Waals surface area contributed by atoms with Gasteiger partial charge in [-0.25, -0.2) is 0 Å². The number of hydrogen-bond acceptors (Lipinski definition) is 2. The maximum atomic E-state index is 4.45. The summed E-state index contributed by atoms with van der Waals surface area (Å²) < 4.78 is 1.96. The summed E-state index contributed by atoms with van der Waals surface area (Å²) in [6, 6.07) is 0.530. The molecule has 3 heteroatoms. The molecule has 1 fully saturated rings. The molecule has 0 radical (unpaired) electrons. The number of hydrogen-bond donors (Lipinski definition) is 1. The molecule has 0 aliphatic carbocycles. The standard InChI is InChI=1S/C15H25N3/c1-5-13-8-9-16-14(10-13)6-7-15-11(2)17-18(4)12(15)3/h6-7,13-14,16H,5,8-10H2,1-4H3/b7-6+. The van der Waals surface area contributed by atoms with Crippen LogP contribution in [-0.2, 0) is 7.05 Å². The Bertz CT molecular complexity index is 431. The molecular weight excluding hydrogens is 222 g/mol. The lowest BCUT2D eigenvalue weighted by atomic mass is 9.90. The van der Waals surface area contributed by atoms with Crippen molar-refractivity contribution in [2.24, 2.45) is 13.0 Å². The van der Waals surface area contributed by atoms with Crippen molar-refractivity contribution in [1.29, 1.82) is 0 Å². The number of rotatable bonds is 3. The van der Waals surface area contributed by atoms with Gasteiger partial charge in [0.15, 0.2) is 0 Å². The van der Waals surface area contributed by atoms with E-state index >= 15 is 0 Å². The molecule has 1 aromatic heterocycles. The van der Waals surface area contributed by atoms with E-state index in [-0.39, 0.29) is 0 Å². The fraction of sp³-hybridized carbons (Fsp3) is 0.667. The van der Waals surface area contributed by atoms with E-state index in [1.54, 1.807) is 0 Å². The van der Waals surface area contributed by atoms with Gasteiger partial charge < -0.3 is 5.32 Å². The van der Waals surface area contributed by atoms with E-state index in [1.807, 2.05) is 11.7 Å². The highest BCUT2D eigenvalue weighted by atomic mass is 15.3. The summed E-state index contributed by atoms with van der Waals surface area (Å²) in [7, 11) is 2.01. The Morgan fingerprint density at radius 1 is 1.44 bits per heavy atom. The van der Waals surface area contributed by atoms with Crippen molar-refractivity contribution < 1.29 is 0 Å². The molecule has 1 aliphatic heterocycles. The number of piperidine rings is 1. The van der Waals surface area contributed by atoms with Crippen molar-refractivity contribution in [2.45, 2.75) is 46.1 Å². The van der Waals surface area contributed by atoms with Gasteiger partial charge in [-0.05, 0) is 39.2 Å². The SMILES string of the molecule is CCC1CCNC(/C=C/c2c(C)nn(C)c2C)C1. The van der Waals surface area contributed by atoms with Crippen molar-refractivity contribution in [1.82, 2.24) is 15.1 Å². The fourth-order valence-corrected chi connectivity index (χ4v) is 2.79. The first-order valence-electron chi connectivity index (χ1n) is 7.03. The lowest BCUT2D eigenvalue weighted by molar-refractivity contribution is 0.326. The zero-order chi connectivity index (χ0) is 13.1. The molecule has 0 saturated carbocycles. The first kappa shape index (κ1) is 13.3. The average Bonchev–Trinajstić information content (AvgIpc) is 2.61. The highest BCUT2D eigenvalue weighted by molar-refractivity contribution is 5.55.